The van der Waals surface area contributed by atoms with E-state index in [-0.39, 0.29) is 0 Å². The summed E-state index contributed by atoms with van der Waals surface area (Å²) in [4.78, 5) is 20.3. The molecule has 1 rings (SSSR count). The Labute approximate surface area is 82.8 Å². The van der Waals surface area contributed by atoms with Crippen LogP contribution in [0.15, 0.2) is 6.07 Å². The van der Waals surface area contributed by atoms with Crippen LogP contribution in [0.4, 0.5) is 21.5 Å². The van der Waals surface area contributed by atoms with E-state index in [2.05, 4.69) is 0 Å². The summed E-state index contributed by atoms with van der Waals surface area (Å²) in [5.41, 5.74) is 12.6. The van der Waals surface area contributed by atoms with Crippen molar-refractivity contribution < 1.29 is 14.1 Å². The molecule has 0 saturated heterocycles. The van der Waals surface area contributed by atoms with Crippen molar-refractivity contribution in [3.8, 4) is 0 Å². The van der Waals surface area contributed by atoms with Crippen molar-refractivity contribution in [3.63, 3.8) is 0 Å². The molecule has 0 atom stereocenters. The summed E-state index contributed by atoms with van der Waals surface area (Å²) in [6.45, 7) is 0. The molecule has 6 N–H and O–H groups in total. The molecule has 0 aliphatic heterocycles. The number of carbonyl (C=O) groups is 1. The number of carbonyl (C=O) groups excluding carboxylic acids is 1. The van der Waals surface area contributed by atoms with Crippen LogP contribution >= 0.6 is 0 Å². The minimum absolute atomic E-state index is 0.464. The third-order valence-electron chi connectivity index (χ3n) is 1.78. The molecular weight excluding hydrogens is 207 g/mol. The molecule has 0 aliphatic carbocycles. The summed E-state index contributed by atoms with van der Waals surface area (Å²) in [7, 11) is 0. The molecule has 0 aliphatic rings. The zero-order chi connectivity index (χ0) is 11.7. The first-order valence-electron chi connectivity index (χ1n) is 3.68. The number of nitrogen functional groups attached to an aromatic ring is 2. The minimum atomic E-state index is -1.21. The third kappa shape index (κ3) is 1.64. The summed E-state index contributed by atoms with van der Waals surface area (Å²) >= 11 is 0. The second-order valence-corrected chi connectivity index (χ2v) is 2.71. The van der Waals surface area contributed by atoms with Gasteiger partial charge in [0.15, 0.2) is 5.82 Å². The Kier molecular flexibility index (Phi) is 2.43. The number of nitro groups is 1. The van der Waals surface area contributed by atoms with Crippen molar-refractivity contribution in [2.75, 3.05) is 11.5 Å². The van der Waals surface area contributed by atoms with E-state index in [0.717, 1.165) is 6.07 Å². The average Bonchev–Trinajstić information content (AvgIpc) is 2.13. The first-order valence-corrected chi connectivity index (χ1v) is 3.68. The molecule has 0 saturated carbocycles. The van der Waals surface area contributed by atoms with E-state index in [1.165, 1.54) is 0 Å². The SMILES string of the molecule is NC(=O)c1cc([N+](=O)[O-])c(N)c(F)c1N. The maximum absolute atomic E-state index is 13.2. The lowest BCUT2D eigenvalue weighted by Gasteiger charge is -2.05. The van der Waals surface area contributed by atoms with Crippen LogP contribution in [0.1, 0.15) is 10.4 Å². The van der Waals surface area contributed by atoms with Crippen LogP contribution in [-0.2, 0) is 0 Å². The van der Waals surface area contributed by atoms with Gasteiger partial charge < -0.3 is 17.2 Å². The van der Waals surface area contributed by atoms with Crippen LogP contribution in [0, 0.1) is 15.9 Å². The van der Waals surface area contributed by atoms with Crippen LogP contribution in [-0.4, -0.2) is 10.8 Å². The van der Waals surface area contributed by atoms with Crippen molar-refractivity contribution in [1.29, 1.82) is 0 Å². The number of nitro benzene ring substituents is 1. The molecule has 7 nitrogen and oxygen atoms in total. The molecule has 0 fully saturated rings. The summed E-state index contributed by atoms with van der Waals surface area (Å²) in [6, 6.07) is 0.746. The fourth-order valence-corrected chi connectivity index (χ4v) is 1.02. The Hall–Kier alpha value is -2.38. The van der Waals surface area contributed by atoms with Crippen LogP contribution in [0.3, 0.4) is 0 Å². The number of amides is 1. The number of benzene rings is 1. The van der Waals surface area contributed by atoms with E-state index >= 15 is 0 Å². The van der Waals surface area contributed by atoms with Crippen molar-refractivity contribution in [3.05, 3.63) is 27.6 Å². The van der Waals surface area contributed by atoms with Crippen LogP contribution in [0.25, 0.3) is 0 Å². The number of nitrogens with zero attached hydrogens (tertiary/aromatic N) is 1. The Bertz CT molecular complexity index is 422. The number of primary amides is 1. The average molecular weight is 214 g/mol. The Balaban J connectivity index is 3.59. The molecule has 1 aromatic rings. The molecule has 8 heteroatoms. The zero-order valence-corrected chi connectivity index (χ0v) is 7.36. The van der Waals surface area contributed by atoms with Crippen molar-refractivity contribution in [2.45, 2.75) is 0 Å². The van der Waals surface area contributed by atoms with Crippen LogP contribution in [0.2, 0.25) is 0 Å². The van der Waals surface area contributed by atoms with Gasteiger partial charge in [-0.15, -0.1) is 0 Å². The van der Waals surface area contributed by atoms with Gasteiger partial charge in [0.1, 0.15) is 5.69 Å². The van der Waals surface area contributed by atoms with E-state index in [0.29, 0.717) is 0 Å². The first-order chi connectivity index (χ1) is 6.86. The zero-order valence-electron chi connectivity index (χ0n) is 7.36. The van der Waals surface area contributed by atoms with Gasteiger partial charge in [-0.25, -0.2) is 4.39 Å². The maximum Gasteiger partial charge on any atom is 0.296 e. The largest absolute Gasteiger partial charge is 0.396 e. The summed E-state index contributed by atoms with van der Waals surface area (Å²) in [5, 5.41) is 10.4. The standard InChI is InChI=1S/C7H7FN4O3/c8-4-5(9)2(7(11)13)1-3(6(4)10)12(14)15/h1H,9-10H2,(H2,11,13). The lowest BCUT2D eigenvalue weighted by molar-refractivity contribution is -0.384. The quantitative estimate of drug-likeness (QED) is 0.361. The highest BCUT2D eigenvalue weighted by molar-refractivity contribution is 6.00. The fourth-order valence-electron chi connectivity index (χ4n) is 1.02. The Morgan fingerprint density at radius 3 is 2.33 bits per heavy atom. The van der Waals surface area contributed by atoms with Gasteiger partial charge in [-0.05, 0) is 0 Å². The monoisotopic (exact) mass is 214 g/mol. The van der Waals surface area contributed by atoms with Gasteiger partial charge in [-0.2, -0.15) is 0 Å². The predicted molar refractivity (Wildman–Crippen MR) is 50.4 cm³/mol. The molecule has 0 aromatic heterocycles. The van der Waals surface area contributed by atoms with Gasteiger partial charge in [0.25, 0.3) is 11.6 Å². The minimum Gasteiger partial charge on any atom is -0.396 e. The molecular formula is C7H7FN4O3. The molecule has 80 valence electrons. The van der Waals surface area contributed by atoms with Gasteiger partial charge in [0, 0.05) is 6.07 Å². The molecule has 0 unspecified atom stereocenters. The van der Waals surface area contributed by atoms with Gasteiger partial charge in [0.2, 0.25) is 0 Å². The van der Waals surface area contributed by atoms with Crippen LogP contribution < -0.4 is 17.2 Å². The normalized spacial score (nSPS) is 9.93. The van der Waals surface area contributed by atoms with Crippen molar-refractivity contribution in [2.24, 2.45) is 5.73 Å². The van der Waals surface area contributed by atoms with E-state index in [1.54, 1.807) is 0 Å². The van der Waals surface area contributed by atoms with E-state index < -0.39 is 39.3 Å². The lowest BCUT2D eigenvalue weighted by atomic mass is 10.1. The van der Waals surface area contributed by atoms with Gasteiger partial charge >= 0.3 is 0 Å². The highest BCUT2D eigenvalue weighted by Crippen LogP contribution is 2.31. The van der Waals surface area contributed by atoms with Gasteiger partial charge in [0.05, 0.1) is 16.2 Å². The smallest absolute Gasteiger partial charge is 0.296 e. The molecule has 1 amide bonds. The third-order valence-corrected chi connectivity index (χ3v) is 1.78. The summed E-state index contributed by atoms with van der Waals surface area (Å²) in [6.07, 6.45) is 0. The molecule has 0 radical (unpaired) electrons. The molecule has 0 bridgehead atoms. The maximum atomic E-state index is 13.2. The van der Waals surface area contributed by atoms with Crippen LogP contribution in [0.5, 0.6) is 0 Å². The second-order valence-electron chi connectivity index (χ2n) is 2.71. The van der Waals surface area contributed by atoms with Crippen molar-refractivity contribution >= 4 is 23.0 Å². The fraction of sp³-hybridized carbons (Fsp3) is 0. The Morgan fingerprint density at radius 1 is 1.40 bits per heavy atom. The highest BCUT2D eigenvalue weighted by atomic mass is 19.1. The first kappa shape index (κ1) is 10.7. The number of nitrogens with two attached hydrogens (primary N) is 3. The van der Waals surface area contributed by atoms with E-state index in [4.69, 9.17) is 17.2 Å². The van der Waals surface area contributed by atoms with E-state index in [1.807, 2.05) is 0 Å². The summed E-state index contributed by atoms with van der Waals surface area (Å²) in [5.74, 6) is -2.27. The summed E-state index contributed by atoms with van der Waals surface area (Å²) < 4.78 is 13.2. The predicted octanol–water partition coefficient (Wildman–Crippen LogP) is -0.00280. The van der Waals surface area contributed by atoms with Gasteiger partial charge in [-0.3, -0.25) is 14.9 Å². The topological polar surface area (TPSA) is 138 Å². The Morgan fingerprint density at radius 2 is 1.93 bits per heavy atom. The number of halogens is 1. The lowest BCUT2D eigenvalue weighted by Crippen LogP contribution is -2.16. The number of rotatable bonds is 2. The molecule has 0 spiro atoms. The molecule has 0 heterocycles. The molecule has 15 heavy (non-hydrogen) atoms. The number of anilines is 2. The number of hydrogen-bond donors (Lipinski definition) is 3. The van der Waals surface area contributed by atoms with E-state index in [9.17, 15) is 19.3 Å². The second kappa shape index (κ2) is 3.40. The molecule has 1 aromatic carbocycles. The van der Waals surface area contributed by atoms with Crippen molar-refractivity contribution in [1.82, 2.24) is 0 Å². The highest BCUT2D eigenvalue weighted by Gasteiger charge is 2.23. The number of hydrogen-bond acceptors (Lipinski definition) is 5. The van der Waals surface area contributed by atoms with Gasteiger partial charge in [-0.1, -0.05) is 0 Å².